The number of carboxylic acids is 1. The molecule has 2 fully saturated rings. The van der Waals surface area contributed by atoms with Crippen molar-refractivity contribution in [1.29, 1.82) is 0 Å². The lowest BCUT2D eigenvalue weighted by molar-refractivity contribution is -0.772. The van der Waals surface area contributed by atoms with Gasteiger partial charge in [0.2, 0.25) is 6.29 Å². The lowest BCUT2D eigenvalue weighted by Gasteiger charge is -2.19. The zero-order valence-corrected chi connectivity index (χ0v) is 10.3. The zero-order chi connectivity index (χ0) is 14.7. The van der Waals surface area contributed by atoms with Crippen LogP contribution in [0.2, 0.25) is 0 Å². The molecule has 0 aromatic carbocycles. The standard InChI is InChI=1S/C10H13NO9/c12-6(13)1-2-7(14)18-10-8(20-11(15)16)5-3-4-17-9(5)19-10/h5,8-10H,1-4H2,(H,12,13)/t5-,8-,9-,10+/m0/s1. The number of nitrogens with zero attached hydrogens (tertiary/aromatic N) is 1. The second-order valence-electron chi connectivity index (χ2n) is 4.37. The van der Waals surface area contributed by atoms with Crippen LogP contribution in [0.1, 0.15) is 19.3 Å². The molecule has 20 heavy (non-hydrogen) atoms. The fourth-order valence-corrected chi connectivity index (χ4v) is 2.17. The molecule has 10 heteroatoms. The van der Waals surface area contributed by atoms with Crippen molar-refractivity contribution in [3.63, 3.8) is 0 Å². The van der Waals surface area contributed by atoms with Crippen LogP contribution in [0, 0.1) is 16.0 Å². The van der Waals surface area contributed by atoms with Gasteiger partial charge in [0.15, 0.2) is 12.4 Å². The van der Waals surface area contributed by atoms with E-state index in [1.54, 1.807) is 0 Å². The predicted molar refractivity (Wildman–Crippen MR) is 57.5 cm³/mol. The fraction of sp³-hybridized carbons (Fsp3) is 0.800. The maximum Gasteiger partial charge on any atom is 0.308 e. The zero-order valence-electron chi connectivity index (χ0n) is 10.3. The summed E-state index contributed by atoms with van der Waals surface area (Å²) in [6, 6.07) is 0. The number of carboxylic acid groups (broad SMARTS) is 1. The molecule has 0 spiro atoms. The molecule has 0 amide bonds. The summed E-state index contributed by atoms with van der Waals surface area (Å²) >= 11 is 0. The van der Waals surface area contributed by atoms with Crippen molar-refractivity contribution in [3.8, 4) is 0 Å². The maximum absolute atomic E-state index is 11.4. The summed E-state index contributed by atoms with van der Waals surface area (Å²) in [4.78, 5) is 36.7. The van der Waals surface area contributed by atoms with Gasteiger partial charge in [-0.25, -0.2) is 0 Å². The molecule has 2 rings (SSSR count). The molecule has 4 atom stereocenters. The molecule has 0 saturated carbocycles. The summed E-state index contributed by atoms with van der Waals surface area (Å²) in [5.41, 5.74) is 0. The lowest BCUT2D eigenvalue weighted by atomic mass is 10.0. The van der Waals surface area contributed by atoms with Crippen molar-refractivity contribution in [2.24, 2.45) is 5.92 Å². The van der Waals surface area contributed by atoms with E-state index in [4.69, 9.17) is 19.3 Å². The highest BCUT2D eigenvalue weighted by molar-refractivity contribution is 5.76. The van der Waals surface area contributed by atoms with Crippen molar-refractivity contribution in [3.05, 3.63) is 10.1 Å². The highest BCUT2D eigenvalue weighted by atomic mass is 17.0. The summed E-state index contributed by atoms with van der Waals surface area (Å²) in [5, 5.41) is 17.9. The largest absolute Gasteiger partial charge is 0.481 e. The molecular weight excluding hydrogens is 278 g/mol. The van der Waals surface area contributed by atoms with Crippen molar-refractivity contribution in [2.75, 3.05) is 6.61 Å². The van der Waals surface area contributed by atoms with Crippen molar-refractivity contribution < 1.29 is 38.8 Å². The van der Waals surface area contributed by atoms with Crippen LogP contribution >= 0.6 is 0 Å². The van der Waals surface area contributed by atoms with E-state index in [0.29, 0.717) is 13.0 Å². The van der Waals surface area contributed by atoms with Gasteiger partial charge in [0.1, 0.15) is 0 Å². The molecule has 10 nitrogen and oxygen atoms in total. The quantitative estimate of drug-likeness (QED) is 0.397. The number of aliphatic carboxylic acids is 1. The van der Waals surface area contributed by atoms with Crippen LogP contribution in [0.4, 0.5) is 0 Å². The summed E-state index contributed by atoms with van der Waals surface area (Å²) in [7, 11) is 0. The van der Waals surface area contributed by atoms with Gasteiger partial charge in [-0.2, -0.15) is 0 Å². The molecule has 2 aliphatic heterocycles. The smallest absolute Gasteiger partial charge is 0.308 e. The van der Waals surface area contributed by atoms with Gasteiger partial charge in [0, 0.05) is 5.92 Å². The van der Waals surface area contributed by atoms with Gasteiger partial charge < -0.3 is 24.2 Å². The average molecular weight is 291 g/mol. The summed E-state index contributed by atoms with van der Waals surface area (Å²) < 4.78 is 15.3. The average Bonchev–Trinajstić information content (AvgIpc) is 2.90. The number of hydrogen-bond acceptors (Lipinski definition) is 8. The minimum Gasteiger partial charge on any atom is -0.481 e. The first-order valence-corrected chi connectivity index (χ1v) is 5.97. The first-order valence-electron chi connectivity index (χ1n) is 5.97. The van der Waals surface area contributed by atoms with Gasteiger partial charge in [-0.3, -0.25) is 9.59 Å². The van der Waals surface area contributed by atoms with Gasteiger partial charge in [0.05, 0.1) is 19.4 Å². The second kappa shape index (κ2) is 6.01. The monoisotopic (exact) mass is 291 g/mol. The van der Waals surface area contributed by atoms with Gasteiger partial charge >= 0.3 is 11.9 Å². The molecule has 2 saturated heterocycles. The number of hydrogen-bond donors (Lipinski definition) is 1. The Bertz CT molecular complexity index is 412. The molecule has 112 valence electrons. The maximum atomic E-state index is 11.4. The molecule has 0 aliphatic carbocycles. The predicted octanol–water partition coefficient (Wildman–Crippen LogP) is -0.310. The number of carbonyl (C=O) groups is 2. The number of esters is 1. The van der Waals surface area contributed by atoms with Gasteiger partial charge in [-0.1, -0.05) is 0 Å². The number of fused-ring (bicyclic) bond motifs is 1. The first kappa shape index (κ1) is 14.5. The molecule has 0 unspecified atom stereocenters. The Labute approximate surface area is 112 Å². The molecule has 1 N–H and O–H groups in total. The third-order valence-corrected chi connectivity index (χ3v) is 3.04. The molecule has 2 heterocycles. The molecular formula is C10H13NO9. The van der Waals surface area contributed by atoms with Crippen molar-refractivity contribution in [1.82, 2.24) is 0 Å². The van der Waals surface area contributed by atoms with Crippen LogP contribution in [-0.2, 0) is 28.6 Å². The molecule has 0 bridgehead atoms. The lowest BCUT2D eigenvalue weighted by Crippen LogP contribution is -2.35. The number of carbonyl (C=O) groups excluding carboxylic acids is 1. The van der Waals surface area contributed by atoms with E-state index in [1.807, 2.05) is 0 Å². The van der Waals surface area contributed by atoms with Crippen molar-refractivity contribution >= 4 is 11.9 Å². The van der Waals surface area contributed by atoms with Gasteiger partial charge in [-0.05, 0) is 6.42 Å². The van der Waals surface area contributed by atoms with E-state index in [-0.39, 0.29) is 6.42 Å². The highest BCUT2D eigenvalue weighted by Crippen LogP contribution is 2.37. The van der Waals surface area contributed by atoms with E-state index in [2.05, 4.69) is 4.84 Å². The van der Waals surface area contributed by atoms with E-state index in [9.17, 15) is 19.7 Å². The third-order valence-electron chi connectivity index (χ3n) is 3.04. The Morgan fingerprint density at radius 1 is 1.40 bits per heavy atom. The van der Waals surface area contributed by atoms with Gasteiger partial charge in [0.25, 0.3) is 5.09 Å². The van der Waals surface area contributed by atoms with Crippen LogP contribution in [0.3, 0.4) is 0 Å². The Kier molecular flexibility index (Phi) is 4.35. The summed E-state index contributed by atoms with van der Waals surface area (Å²) in [5.74, 6) is -2.36. The Morgan fingerprint density at radius 3 is 2.80 bits per heavy atom. The Morgan fingerprint density at radius 2 is 2.15 bits per heavy atom. The number of ether oxygens (including phenoxy) is 3. The normalized spacial score (nSPS) is 31.6. The minimum atomic E-state index is -1.27. The highest BCUT2D eigenvalue weighted by Gasteiger charge is 2.52. The van der Waals surface area contributed by atoms with E-state index in [0.717, 1.165) is 0 Å². The van der Waals surface area contributed by atoms with Crippen LogP contribution in [0.15, 0.2) is 0 Å². The van der Waals surface area contributed by atoms with Gasteiger partial charge in [-0.15, -0.1) is 10.1 Å². The van der Waals surface area contributed by atoms with Crippen LogP contribution in [0.25, 0.3) is 0 Å². The molecule has 0 radical (unpaired) electrons. The van der Waals surface area contributed by atoms with Crippen LogP contribution < -0.4 is 0 Å². The molecule has 0 aromatic rings. The third kappa shape index (κ3) is 3.33. The van der Waals surface area contributed by atoms with E-state index >= 15 is 0 Å². The van der Waals surface area contributed by atoms with Crippen LogP contribution in [0.5, 0.6) is 0 Å². The summed E-state index contributed by atoms with van der Waals surface area (Å²) in [6.45, 7) is 0.382. The Balaban J connectivity index is 1.93. The van der Waals surface area contributed by atoms with E-state index in [1.165, 1.54) is 0 Å². The first-order chi connectivity index (χ1) is 9.47. The SMILES string of the molecule is O=C(O)CCC(=O)O[C@@H]1O[C@@H]2OCC[C@H]2[C@@H]1O[N+](=O)[O-]. The van der Waals surface area contributed by atoms with Crippen molar-refractivity contribution in [2.45, 2.75) is 37.9 Å². The van der Waals surface area contributed by atoms with E-state index < -0.39 is 48.0 Å². The topological polar surface area (TPSA) is 134 Å². The molecule has 2 aliphatic rings. The Hall–Kier alpha value is -1.94. The summed E-state index contributed by atoms with van der Waals surface area (Å²) in [6.07, 6.45) is -3.29. The second-order valence-corrected chi connectivity index (χ2v) is 4.37. The fourth-order valence-electron chi connectivity index (χ4n) is 2.17. The van der Waals surface area contributed by atoms with Crippen LogP contribution in [-0.4, -0.2) is 47.4 Å². The number of rotatable bonds is 6. The minimum absolute atomic E-state index is 0.351. The molecule has 0 aromatic heterocycles.